The van der Waals surface area contributed by atoms with Gasteiger partial charge in [0.25, 0.3) is 5.91 Å². The third-order valence-electron chi connectivity index (χ3n) is 2.79. The second-order valence-electron chi connectivity index (χ2n) is 4.54. The number of aliphatic hydroxyl groups is 2. The molecule has 8 heteroatoms. The molecule has 1 heterocycles. The van der Waals surface area contributed by atoms with Crippen molar-refractivity contribution in [1.82, 2.24) is 15.5 Å². The highest BCUT2D eigenvalue weighted by Gasteiger charge is 2.12. The van der Waals surface area contributed by atoms with E-state index in [4.69, 9.17) is 14.9 Å². The minimum absolute atomic E-state index is 0.0283. The molecule has 0 fully saturated rings. The minimum Gasteiger partial charge on any atom is -0.484 e. The number of benzene rings is 1. The van der Waals surface area contributed by atoms with Gasteiger partial charge >= 0.3 is 0 Å². The van der Waals surface area contributed by atoms with Gasteiger partial charge in [-0.2, -0.15) is 5.10 Å². The van der Waals surface area contributed by atoms with E-state index in [1.165, 1.54) is 18.2 Å². The number of carbonyl (C=O) groups excluding carboxylic acids is 1. The van der Waals surface area contributed by atoms with E-state index in [0.29, 0.717) is 5.69 Å². The summed E-state index contributed by atoms with van der Waals surface area (Å²) in [5.74, 6) is -0.868. The van der Waals surface area contributed by atoms with Crippen LogP contribution >= 0.6 is 0 Å². The van der Waals surface area contributed by atoms with E-state index in [0.717, 1.165) is 0 Å². The van der Waals surface area contributed by atoms with Gasteiger partial charge in [-0.3, -0.25) is 9.89 Å². The Morgan fingerprint density at radius 2 is 2.23 bits per heavy atom. The first kappa shape index (κ1) is 15.9. The Bertz CT molecular complexity index is 632. The lowest BCUT2D eigenvalue weighted by atomic mass is 10.3. The topological polar surface area (TPSA) is 107 Å². The molecule has 0 aliphatic carbocycles. The summed E-state index contributed by atoms with van der Waals surface area (Å²) in [4.78, 5) is 11.7. The smallest absolute Gasteiger partial charge is 0.271 e. The zero-order valence-electron chi connectivity index (χ0n) is 11.6. The highest BCUT2D eigenvalue weighted by molar-refractivity contribution is 5.92. The number of halogens is 1. The summed E-state index contributed by atoms with van der Waals surface area (Å²) in [5, 5.41) is 26.6. The molecular weight excluding hydrogens is 293 g/mol. The molecule has 0 aliphatic rings. The summed E-state index contributed by atoms with van der Waals surface area (Å²) in [6, 6.07) is 7.45. The van der Waals surface area contributed by atoms with Crippen LogP contribution in [-0.2, 0) is 6.61 Å². The Morgan fingerprint density at radius 3 is 2.95 bits per heavy atom. The fourth-order valence-corrected chi connectivity index (χ4v) is 1.63. The molecule has 2 rings (SSSR count). The molecule has 7 nitrogen and oxygen atoms in total. The molecule has 1 atom stereocenters. The zero-order valence-corrected chi connectivity index (χ0v) is 11.6. The van der Waals surface area contributed by atoms with Gasteiger partial charge in [-0.05, 0) is 18.2 Å². The van der Waals surface area contributed by atoms with Crippen LogP contribution in [0.5, 0.6) is 5.75 Å². The van der Waals surface area contributed by atoms with Crippen molar-refractivity contribution in [2.24, 2.45) is 0 Å². The molecule has 0 bridgehead atoms. The molecular formula is C14H16FN3O4. The van der Waals surface area contributed by atoms with Crippen molar-refractivity contribution >= 4 is 5.91 Å². The second kappa shape index (κ2) is 7.53. The van der Waals surface area contributed by atoms with Crippen LogP contribution in [0.25, 0.3) is 0 Å². The van der Waals surface area contributed by atoms with E-state index in [1.54, 1.807) is 12.1 Å². The molecule has 4 N–H and O–H groups in total. The van der Waals surface area contributed by atoms with Gasteiger partial charge in [0.05, 0.1) is 18.4 Å². The van der Waals surface area contributed by atoms with E-state index in [1.807, 2.05) is 0 Å². The number of para-hydroxylation sites is 1. The number of hydrogen-bond donors (Lipinski definition) is 4. The maximum atomic E-state index is 13.4. The lowest BCUT2D eigenvalue weighted by Gasteiger charge is -2.07. The number of carbonyl (C=O) groups is 1. The Kier molecular flexibility index (Phi) is 5.45. The van der Waals surface area contributed by atoms with E-state index in [2.05, 4.69) is 15.5 Å². The number of hydrogen-bond acceptors (Lipinski definition) is 5. The van der Waals surface area contributed by atoms with Gasteiger partial charge in [-0.1, -0.05) is 12.1 Å². The first-order valence-electron chi connectivity index (χ1n) is 6.59. The van der Waals surface area contributed by atoms with E-state index < -0.39 is 24.4 Å². The first-order valence-corrected chi connectivity index (χ1v) is 6.59. The van der Waals surface area contributed by atoms with Crippen LogP contribution in [0.3, 0.4) is 0 Å². The number of nitrogens with one attached hydrogen (secondary N) is 2. The lowest BCUT2D eigenvalue weighted by Crippen LogP contribution is -2.34. The van der Waals surface area contributed by atoms with E-state index >= 15 is 0 Å². The summed E-state index contributed by atoms with van der Waals surface area (Å²) in [5.41, 5.74) is 0.605. The number of H-pyrrole nitrogens is 1. The third-order valence-corrected chi connectivity index (χ3v) is 2.79. The van der Waals surface area contributed by atoms with Crippen molar-refractivity contribution in [3.05, 3.63) is 47.5 Å². The van der Waals surface area contributed by atoms with Crippen molar-refractivity contribution in [3.63, 3.8) is 0 Å². The van der Waals surface area contributed by atoms with Crippen molar-refractivity contribution < 1.29 is 24.1 Å². The number of aliphatic hydroxyl groups excluding tert-OH is 2. The molecule has 0 spiro atoms. The number of amides is 1. The molecule has 0 unspecified atom stereocenters. The summed E-state index contributed by atoms with van der Waals surface area (Å²) in [7, 11) is 0. The number of ether oxygens (including phenoxy) is 1. The first-order chi connectivity index (χ1) is 10.6. The molecule has 118 valence electrons. The monoisotopic (exact) mass is 309 g/mol. The molecule has 2 aromatic rings. The molecule has 0 saturated heterocycles. The van der Waals surface area contributed by atoms with Crippen LogP contribution in [0.1, 0.15) is 16.2 Å². The molecule has 1 aromatic heterocycles. The minimum atomic E-state index is -1.02. The van der Waals surface area contributed by atoms with Gasteiger partial charge in [0.1, 0.15) is 12.3 Å². The molecule has 22 heavy (non-hydrogen) atoms. The SMILES string of the molecule is O=C(NC[C@@H](O)CO)c1cc(COc2ccccc2F)[nH]n1. The van der Waals surface area contributed by atoms with Gasteiger partial charge in [0.15, 0.2) is 11.6 Å². The second-order valence-corrected chi connectivity index (χ2v) is 4.54. The van der Waals surface area contributed by atoms with Crippen molar-refractivity contribution in [2.75, 3.05) is 13.2 Å². The van der Waals surface area contributed by atoms with Crippen molar-refractivity contribution in [1.29, 1.82) is 0 Å². The molecule has 0 aliphatic heterocycles. The molecule has 1 aromatic carbocycles. The van der Waals surface area contributed by atoms with Crippen LogP contribution in [0.2, 0.25) is 0 Å². The summed E-state index contributed by atoms with van der Waals surface area (Å²) < 4.78 is 18.7. The number of aromatic nitrogens is 2. The van der Waals surface area contributed by atoms with Crippen LogP contribution in [0, 0.1) is 5.82 Å². The van der Waals surface area contributed by atoms with Crippen molar-refractivity contribution in [2.45, 2.75) is 12.7 Å². The van der Waals surface area contributed by atoms with Gasteiger partial charge in [-0.15, -0.1) is 0 Å². The average molecular weight is 309 g/mol. The van der Waals surface area contributed by atoms with E-state index in [9.17, 15) is 9.18 Å². The number of aromatic amines is 1. The Balaban J connectivity index is 1.88. The van der Waals surface area contributed by atoms with Crippen LogP contribution in [-0.4, -0.2) is 45.6 Å². The quantitative estimate of drug-likeness (QED) is 0.585. The fourth-order valence-electron chi connectivity index (χ4n) is 1.63. The number of rotatable bonds is 7. The highest BCUT2D eigenvalue weighted by Crippen LogP contribution is 2.16. The van der Waals surface area contributed by atoms with E-state index in [-0.39, 0.29) is 24.6 Å². The van der Waals surface area contributed by atoms with Gasteiger partial charge in [0, 0.05) is 6.54 Å². The van der Waals surface area contributed by atoms with Crippen molar-refractivity contribution in [3.8, 4) is 5.75 Å². The average Bonchev–Trinajstić information content (AvgIpc) is 3.00. The zero-order chi connectivity index (χ0) is 15.9. The Hall–Kier alpha value is -2.45. The van der Waals surface area contributed by atoms with Gasteiger partial charge < -0.3 is 20.3 Å². The maximum Gasteiger partial charge on any atom is 0.271 e. The molecule has 0 saturated carbocycles. The fraction of sp³-hybridized carbons (Fsp3) is 0.286. The third kappa shape index (κ3) is 4.27. The Labute approximate surface area is 125 Å². The predicted molar refractivity (Wildman–Crippen MR) is 74.7 cm³/mol. The lowest BCUT2D eigenvalue weighted by molar-refractivity contribution is 0.0798. The summed E-state index contributed by atoms with van der Waals surface area (Å²) >= 11 is 0. The van der Waals surface area contributed by atoms with Crippen LogP contribution in [0.15, 0.2) is 30.3 Å². The summed E-state index contributed by atoms with van der Waals surface area (Å²) in [6.45, 7) is -0.494. The molecule has 1 amide bonds. The molecule has 0 radical (unpaired) electrons. The van der Waals surface area contributed by atoms with Gasteiger partial charge in [0.2, 0.25) is 0 Å². The Morgan fingerprint density at radius 1 is 1.45 bits per heavy atom. The maximum absolute atomic E-state index is 13.4. The predicted octanol–water partition coefficient (Wildman–Crippen LogP) is 0.211. The largest absolute Gasteiger partial charge is 0.484 e. The van der Waals surface area contributed by atoms with Crippen LogP contribution in [0.4, 0.5) is 4.39 Å². The van der Waals surface area contributed by atoms with Gasteiger partial charge in [-0.25, -0.2) is 4.39 Å². The highest BCUT2D eigenvalue weighted by atomic mass is 19.1. The van der Waals surface area contributed by atoms with Crippen LogP contribution < -0.4 is 10.1 Å². The summed E-state index contributed by atoms with van der Waals surface area (Å²) in [6.07, 6.45) is -1.02. The standard InChI is InChI=1S/C14H16FN3O4/c15-11-3-1-2-4-13(11)22-8-9-5-12(18-17-9)14(21)16-6-10(20)7-19/h1-5,10,19-20H,6-8H2,(H,16,21)(H,17,18)/t10-/m1/s1. The normalized spacial score (nSPS) is 12.0. The number of nitrogens with zero attached hydrogens (tertiary/aromatic N) is 1.